The van der Waals surface area contributed by atoms with Gasteiger partial charge in [0.25, 0.3) is 0 Å². The Balaban J connectivity index is 2.49. The van der Waals surface area contributed by atoms with Crippen LogP contribution in [0.2, 0.25) is 0 Å². The number of carbonyl (C=O) groups is 1. The Bertz CT molecular complexity index is 478. The van der Waals surface area contributed by atoms with Crippen LogP contribution in [0.25, 0.3) is 0 Å². The van der Waals surface area contributed by atoms with E-state index in [0.717, 1.165) is 6.54 Å². The van der Waals surface area contributed by atoms with Crippen molar-refractivity contribution in [2.24, 2.45) is 0 Å². The molecule has 124 valence electrons. The molecule has 0 spiro atoms. The second kappa shape index (κ2) is 8.63. The van der Waals surface area contributed by atoms with Crippen molar-refractivity contribution in [3.05, 3.63) is 29.8 Å². The SMILES string of the molecule is CCN[C@H](C)CNC(=O)CCc1ccccc1OC(F)(F)F. The van der Waals surface area contributed by atoms with Gasteiger partial charge in [0.1, 0.15) is 5.75 Å². The number of hydrogen-bond donors (Lipinski definition) is 2. The first-order valence-corrected chi connectivity index (χ1v) is 7.15. The van der Waals surface area contributed by atoms with Crippen molar-refractivity contribution >= 4 is 5.91 Å². The molecule has 0 aliphatic rings. The molecule has 1 aromatic rings. The van der Waals surface area contributed by atoms with Crippen molar-refractivity contribution in [1.29, 1.82) is 0 Å². The molecule has 1 atom stereocenters. The molecule has 0 saturated heterocycles. The first-order valence-electron chi connectivity index (χ1n) is 7.15. The van der Waals surface area contributed by atoms with Crippen LogP contribution in [0, 0.1) is 0 Å². The van der Waals surface area contributed by atoms with E-state index in [1.54, 1.807) is 6.07 Å². The van der Waals surface area contributed by atoms with Crippen LogP contribution in [0.1, 0.15) is 25.8 Å². The number of benzene rings is 1. The number of ether oxygens (including phenoxy) is 1. The Kier molecular flexibility index (Phi) is 7.17. The van der Waals surface area contributed by atoms with Crippen molar-refractivity contribution < 1.29 is 22.7 Å². The van der Waals surface area contributed by atoms with Gasteiger partial charge in [-0.1, -0.05) is 25.1 Å². The lowest BCUT2D eigenvalue weighted by atomic mass is 10.1. The van der Waals surface area contributed by atoms with Crippen molar-refractivity contribution in [2.45, 2.75) is 39.1 Å². The normalized spacial score (nSPS) is 12.8. The summed E-state index contributed by atoms with van der Waals surface area (Å²) in [6, 6.07) is 5.99. The van der Waals surface area contributed by atoms with E-state index in [-0.39, 0.29) is 30.5 Å². The average Bonchev–Trinajstić information content (AvgIpc) is 2.43. The number of hydrogen-bond acceptors (Lipinski definition) is 3. The summed E-state index contributed by atoms with van der Waals surface area (Å²) in [5.74, 6) is -0.463. The van der Waals surface area contributed by atoms with Gasteiger partial charge >= 0.3 is 6.36 Å². The number of carbonyl (C=O) groups excluding carboxylic acids is 1. The average molecular weight is 318 g/mol. The summed E-state index contributed by atoms with van der Waals surface area (Å²) in [6.07, 6.45) is -4.44. The van der Waals surface area contributed by atoms with Crippen LogP contribution < -0.4 is 15.4 Å². The summed E-state index contributed by atoms with van der Waals surface area (Å²) in [5, 5.41) is 5.89. The van der Waals surface area contributed by atoms with Gasteiger partial charge < -0.3 is 15.4 Å². The molecule has 1 amide bonds. The number of rotatable bonds is 8. The van der Waals surface area contributed by atoms with E-state index in [4.69, 9.17) is 0 Å². The van der Waals surface area contributed by atoms with Crippen LogP contribution in [0.3, 0.4) is 0 Å². The molecule has 22 heavy (non-hydrogen) atoms. The number of aryl methyl sites for hydroxylation is 1. The zero-order valence-corrected chi connectivity index (χ0v) is 12.7. The third-order valence-electron chi connectivity index (χ3n) is 2.98. The minimum Gasteiger partial charge on any atom is -0.406 e. The molecule has 0 bridgehead atoms. The Hall–Kier alpha value is -1.76. The first kappa shape index (κ1) is 18.3. The maximum atomic E-state index is 12.3. The molecule has 7 heteroatoms. The van der Waals surface area contributed by atoms with Crippen molar-refractivity contribution in [3.63, 3.8) is 0 Å². The zero-order chi connectivity index (χ0) is 16.6. The predicted octanol–water partition coefficient (Wildman–Crippen LogP) is 2.63. The van der Waals surface area contributed by atoms with Crippen LogP contribution >= 0.6 is 0 Å². The number of amides is 1. The second-order valence-corrected chi connectivity index (χ2v) is 4.92. The summed E-state index contributed by atoms with van der Waals surface area (Å²) in [7, 11) is 0. The second-order valence-electron chi connectivity index (χ2n) is 4.92. The molecule has 1 rings (SSSR count). The Labute approximate surface area is 128 Å². The highest BCUT2D eigenvalue weighted by atomic mass is 19.4. The molecule has 0 aliphatic heterocycles. The maximum absolute atomic E-state index is 12.3. The van der Waals surface area contributed by atoms with Crippen LogP contribution in [0.15, 0.2) is 24.3 Å². The van der Waals surface area contributed by atoms with E-state index >= 15 is 0 Å². The highest BCUT2D eigenvalue weighted by molar-refractivity contribution is 5.76. The number of halogens is 3. The molecule has 0 heterocycles. The minimum absolute atomic E-state index is 0.108. The fourth-order valence-electron chi connectivity index (χ4n) is 1.96. The molecule has 2 N–H and O–H groups in total. The van der Waals surface area contributed by atoms with E-state index in [9.17, 15) is 18.0 Å². The standard InChI is InChI=1S/C15H21F3N2O2/c1-3-19-11(2)10-20-14(21)9-8-12-6-4-5-7-13(12)22-15(16,17)18/h4-7,11,19H,3,8-10H2,1-2H3,(H,20,21)/t11-/m1/s1. The summed E-state index contributed by atoms with van der Waals surface area (Å²) >= 11 is 0. The fraction of sp³-hybridized carbons (Fsp3) is 0.533. The lowest BCUT2D eigenvalue weighted by Crippen LogP contribution is -2.38. The van der Waals surface area contributed by atoms with Gasteiger partial charge in [0.05, 0.1) is 0 Å². The number of para-hydroxylation sites is 1. The van der Waals surface area contributed by atoms with Crippen molar-refractivity contribution in [3.8, 4) is 5.75 Å². The number of alkyl halides is 3. The molecular formula is C15H21F3N2O2. The first-order chi connectivity index (χ1) is 10.3. The van der Waals surface area contributed by atoms with Crippen LogP contribution in [0.4, 0.5) is 13.2 Å². The van der Waals surface area contributed by atoms with Crippen LogP contribution in [-0.4, -0.2) is 31.4 Å². The summed E-state index contributed by atoms with van der Waals surface area (Å²) in [6.45, 7) is 5.19. The Morgan fingerprint density at radius 2 is 2.00 bits per heavy atom. The van der Waals surface area contributed by atoms with E-state index in [1.807, 2.05) is 13.8 Å². The largest absolute Gasteiger partial charge is 0.573 e. The van der Waals surface area contributed by atoms with E-state index in [1.165, 1.54) is 18.2 Å². The monoisotopic (exact) mass is 318 g/mol. The van der Waals surface area contributed by atoms with Crippen LogP contribution in [0.5, 0.6) is 5.75 Å². The number of nitrogens with one attached hydrogen (secondary N) is 2. The van der Waals surface area contributed by atoms with Crippen molar-refractivity contribution in [2.75, 3.05) is 13.1 Å². The van der Waals surface area contributed by atoms with Gasteiger partial charge in [-0.05, 0) is 31.5 Å². The fourth-order valence-corrected chi connectivity index (χ4v) is 1.96. The molecule has 0 aliphatic carbocycles. The molecule has 0 aromatic heterocycles. The summed E-state index contributed by atoms with van der Waals surface area (Å²) < 4.78 is 40.8. The van der Waals surface area contributed by atoms with Gasteiger partial charge in [-0.2, -0.15) is 0 Å². The molecule has 0 radical (unpaired) electrons. The van der Waals surface area contributed by atoms with Gasteiger partial charge in [-0.15, -0.1) is 13.2 Å². The smallest absolute Gasteiger partial charge is 0.406 e. The van der Waals surface area contributed by atoms with E-state index < -0.39 is 6.36 Å². The lowest BCUT2D eigenvalue weighted by Gasteiger charge is -2.14. The Morgan fingerprint density at radius 1 is 1.32 bits per heavy atom. The predicted molar refractivity (Wildman–Crippen MR) is 77.6 cm³/mol. The third kappa shape index (κ3) is 7.31. The molecular weight excluding hydrogens is 297 g/mol. The summed E-state index contributed by atoms with van der Waals surface area (Å²) in [4.78, 5) is 11.7. The zero-order valence-electron chi connectivity index (χ0n) is 12.7. The molecule has 1 aromatic carbocycles. The van der Waals surface area contributed by atoms with Gasteiger partial charge in [0.15, 0.2) is 0 Å². The highest BCUT2D eigenvalue weighted by Crippen LogP contribution is 2.26. The minimum atomic E-state index is -4.74. The van der Waals surface area contributed by atoms with Gasteiger partial charge in [0, 0.05) is 19.0 Å². The molecule has 0 saturated carbocycles. The maximum Gasteiger partial charge on any atom is 0.573 e. The highest BCUT2D eigenvalue weighted by Gasteiger charge is 2.31. The quantitative estimate of drug-likeness (QED) is 0.775. The van der Waals surface area contributed by atoms with Gasteiger partial charge in [-0.25, -0.2) is 0 Å². The van der Waals surface area contributed by atoms with Gasteiger partial charge in [0.2, 0.25) is 5.91 Å². The number of likely N-dealkylation sites (N-methyl/N-ethyl adjacent to an activating group) is 1. The van der Waals surface area contributed by atoms with Crippen molar-refractivity contribution in [1.82, 2.24) is 10.6 Å². The van der Waals surface area contributed by atoms with Crippen LogP contribution in [-0.2, 0) is 11.2 Å². The van der Waals surface area contributed by atoms with E-state index in [2.05, 4.69) is 15.4 Å². The third-order valence-corrected chi connectivity index (χ3v) is 2.98. The molecule has 0 unspecified atom stereocenters. The Morgan fingerprint density at radius 3 is 2.64 bits per heavy atom. The molecule has 0 fully saturated rings. The van der Waals surface area contributed by atoms with E-state index in [0.29, 0.717) is 12.1 Å². The molecule has 4 nitrogen and oxygen atoms in total. The lowest BCUT2D eigenvalue weighted by molar-refractivity contribution is -0.274. The summed E-state index contributed by atoms with van der Waals surface area (Å²) in [5.41, 5.74) is 0.356. The van der Waals surface area contributed by atoms with Gasteiger partial charge in [-0.3, -0.25) is 4.79 Å². The topological polar surface area (TPSA) is 50.4 Å².